The molecule has 3 heterocycles. The van der Waals surface area contributed by atoms with Crippen molar-refractivity contribution in [1.82, 2.24) is 25.0 Å². The molecule has 0 saturated carbocycles. The molecule has 3 aromatic heterocycles. The molecule has 0 aromatic carbocycles. The second-order valence-corrected chi connectivity index (χ2v) is 8.71. The van der Waals surface area contributed by atoms with Gasteiger partial charge in [-0.1, -0.05) is 11.6 Å². The third kappa shape index (κ3) is 6.74. The van der Waals surface area contributed by atoms with E-state index in [0.29, 0.717) is 0 Å². The maximum Gasteiger partial charge on any atom is 0.405 e. The van der Waals surface area contributed by atoms with Gasteiger partial charge in [-0.05, 0) is 32.4 Å². The zero-order valence-corrected chi connectivity index (χ0v) is 19.9. The second kappa shape index (κ2) is 10.6. The van der Waals surface area contributed by atoms with Crippen LogP contribution in [-0.4, -0.2) is 49.7 Å². The van der Waals surface area contributed by atoms with E-state index in [4.69, 9.17) is 21.4 Å². The lowest BCUT2D eigenvalue weighted by Gasteiger charge is -2.30. The summed E-state index contributed by atoms with van der Waals surface area (Å²) in [5.74, 6) is -1.16. The van der Waals surface area contributed by atoms with Gasteiger partial charge in [-0.2, -0.15) is 13.2 Å². The number of imidazole rings is 1. The molecular weight excluding hydrogens is 510 g/mol. The number of carbonyl (C=O) groups excluding carboxylic acids is 1. The summed E-state index contributed by atoms with van der Waals surface area (Å²) in [6.45, 7) is 2.11. The minimum atomic E-state index is -4.50. The van der Waals surface area contributed by atoms with E-state index < -0.39 is 48.9 Å². The van der Waals surface area contributed by atoms with Crippen molar-refractivity contribution in [3.05, 3.63) is 58.5 Å². The van der Waals surface area contributed by atoms with Crippen LogP contribution in [0.15, 0.2) is 30.6 Å². The number of aryl methyl sites for hydroxylation is 1. The minimum absolute atomic E-state index is 0.00913. The Morgan fingerprint density at radius 2 is 2.00 bits per heavy atom. The van der Waals surface area contributed by atoms with Crippen molar-refractivity contribution in [2.75, 3.05) is 6.54 Å². The van der Waals surface area contributed by atoms with Gasteiger partial charge in [-0.15, -0.1) is 0 Å². The van der Waals surface area contributed by atoms with Crippen molar-refractivity contribution >= 4 is 29.2 Å². The molecule has 2 amide bonds. The molecule has 1 unspecified atom stereocenters. The predicted octanol–water partition coefficient (Wildman–Crippen LogP) is 4.51. The van der Waals surface area contributed by atoms with Crippen LogP contribution in [0.3, 0.4) is 0 Å². The number of nitrogens with one attached hydrogen (secondary N) is 2. The molecule has 0 spiro atoms. The van der Waals surface area contributed by atoms with Crippen molar-refractivity contribution < 1.29 is 37.0 Å². The molecule has 0 fully saturated rings. The molecule has 0 aliphatic rings. The van der Waals surface area contributed by atoms with Crippen LogP contribution < -0.4 is 15.4 Å². The number of hydrogen-bond acceptors (Lipinski definition) is 5. The largest absolute Gasteiger partial charge is 0.483 e. The molecule has 0 radical (unpaired) electrons. The van der Waals surface area contributed by atoms with Crippen LogP contribution >= 0.6 is 11.6 Å². The van der Waals surface area contributed by atoms with Crippen molar-refractivity contribution in [3.8, 4) is 5.75 Å². The summed E-state index contributed by atoms with van der Waals surface area (Å²) in [5, 5.41) is 13.7. The number of ether oxygens (including phenoxy) is 1. The Hall–Kier alpha value is -3.61. The molecule has 3 rings (SSSR count). The second-order valence-electron chi connectivity index (χ2n) is 8.27. The molecule has 1 atom stereocenters. The van der Waals surface area contributed by atoms with Gasteiger partial charge in [0, 0.05) is 31.4 Å². The molecule has 36 heavy (non-hydrogen) atoms. The monoisotopic (exact) mass is 531 g/mol. The molecule has 0 saturated heterocycles. The van der Waals surface area contributed by atoms with Crippen LogP contribution in [0.1, 0.15) is 41.6 Å². The fourth-order valence-corrected chi connectivity index (χ4v) is 3.67. The van der Waals surface area contributed by atoms with E-state index in [0.717, 1.165) is 0 Å². The van der Waals surface area contributed by atoms with Crippen molar-refractivity contribution in [2.45, 2.75) is 45.0 Å². The average Bonchev–Trinajstić information content (AvgIpc) is 3.10. The van der Waals surface area contributed by atoms with E-state index in [-0.39, 0.29) is 40.1 Å². The lowest BCUT2D eigenvalue weighted by molar-refractivity contribution is -0.138. The lowest BCUT2D eigenvalue weighted by Crippen LogP contribution is -2.53. The molecule has 3 N–H and O–H groups in total. The van der Waals surface area contributed by atoms with E-state index in [1.807, 2.05) is 5.32 Å². The summed E-state index contributed by atoms with van der Waals surface area (Å²) < 4.78 is 59.0. The van der Waals surface area contributed by atoms with Crippen LogP contribution in [0.5, 0.6) is 5.75 Å². The summed E-state index contributed by atoms with van der Waals surface area (Å²) in [5.41, 5.74) is -1.12. The van der Waals surface area contributed by atoms with Gasteiger partial charge in [0.1, 0.15) is 23.8 Å². The molecule has 14 heteroatoms. The van der Waals surface area contributed by atoms with E-state index >= 15 is 0 Å². The number of amides is 2. The predicted molar refractivity (Wildman–Crippen MR) is 121 cm³/mol. The van der Waals surface area contributed by atoms with Gasteiger partial charge in [-0.3, -0.25) is 14.2 Å². The van der Waals surface area contributed by atoms with E-state index in [9.17, 15) is 27.2 Å². The van der Waals surface area contributed by atoms with Crippen LogP contribution in [0.25, 0.3) is 5.65 Å². The Bertz CT molecular complexity index is 1280. The standard InChI is InChI=1S/C22H22ClF4N5O4/c1-12-17(19(33)29-11-21(2,31-20(34)35)5-6-22(25,26)27)32-9-13(23)8-16(18(32)30-12)36-10-15-14(24)4-3-7-28-15/h3-4,7-9,31H,5-6,10-11H2,1-2H3,(H,29,33)(H,34,35). The summed E-state index contributed by atoms with van der Waals surface area (Å²) in [6, 6.07) is 4.08. The number of halogens is 5. The number of pyridine rings is 2. The van der Waals surface area contributed by atoms with E-state index in [1.54, 1.807) is 0 Å². The van der Waals surface area contributed by atoms with Gasteiger partial charge >= 0.3 is 12.3 Å². The summed E-state index contributed by atoms with van der Waals surface area (Å²) >= 11 is 6.18. The van der Waals surface area contributed by atoms with Crippen LogP contribution in [-0.2, 0) is 6.61 Å². The van der Waals surface area contributed by atoms with E-state index in [2.05, 4.69) is 15.3 Å². The highest BCUT2D eigenvalue weighted by atomic mass is 35.5. The fourth-order valence-electron chi connectivity index (χ4n) is 3.48. The summed E-state index contributed by atoms with van der Waals surface area (Å²) in [6.07, 6.45) is -5.09. The lowest BCUT2D eigenvalue weighted by atomic mass is 9.95. The molecule has 0 aliphatic heterocycles. The number of hydrogen-bond donors (Lipinski definition) is 3. The zero-order chi connectivity index (χ0) is 26.7. The van der Waals surface area contributed by atoms with Crippen LogP contribution in [0.2, 0.25) is 5.02 Å². The Morgan fingerprint density at radius 3 is 2.64 bits per heavy atom. The number of carbonyl (C=O) groups is 2. The summed E-state index contributed by atoms with van der Waals surface area (Å²) in [7, 11) is 0. The Labute approximate surface area is 207 Å². The molecule has 0 bridgehead atoms. The smallest absolute Gasteiger partial charge is 0.405 e. The number of rotatable bonds is 9. The number of fused-ring (bicyclic) bond motifs is 1. The fraction of sp³-hybridized carbons (Fsp3) is 0.364. The number of carboxylic acid groups (broad SMARTS) is 1. The normalized spacial score (nSPS) is 13.3. The SMILES string of the molecule is Cc1nc2c(OCc3ncccc3F)cc(Cl)cn2c1C(=O)NCC(C)(CCC(F)(F)F)NC(=O)O. The highest BCUT2D eigenvalue weighted by Gasteiger charge is 2.35. The first-order valence-electron chi connectivity index (χ1n) is 10.5. The third-order valence-electron chi connectivity index (χ3n) is 5.25. The number of nitrogens with zero attached hydrogens (tertiary/aromatic N) is 3. The highest BCUT2D eigenvalue weighted by Crippen LogP contribution is 2.28. The first-order valence-corrected chi connectivity index (χ1v) is 10.9. The maximum atomic E-state index is 13.9. The molecule has 3 aromatic rings. The van der Waals surface area contributed by atoms with E-state index in [1.165, 1.54) is 48.8 Å². The summed E-state index contributed by atoms with van der Waals surface area (Å²) in [4.78, 5) is 32.4. The zero-order valence-electron chi connectivity index (χ0n) is 19.1. The first kappa shape index (κ1) is 27.0. The molecular formula is C22H22ClF4N5O4. The Balaban J connectivity index is 1.84. The topological polar surface area (TPSA) is 118 Å². The quantitative estimate of drug-likeness (QED) is 0.350. The van der Waals surface area contributed by atoms with Crippen molar-refractivity contribution in [2.24, 2.45) is 0 Å². The third-order valence-corrected chi connectivity index (χ3v) is 5.46. The van der Waals surface area contributed by atoms with Gasteiger partial charge < -0.3 is 20.5 Å². The van der Waals surface area contributed by atoms with Gasteiger partial charge in [0.15, 0.2) is 11.4 Å². The first-order chi connectivity index (χ1) is 16.8. The number of aromatic nitrogens is 3. The minimum Gasteiger partial charge on any atom is -0.483 e. The van der Waals surface area contributed by atoms with Gasteiger partial charge in [0.05, 0.1) is 16.3 Å². The molecule has 194 valence electrons. The van der Waals surface area contributed by atoms with Gasteiger partial charge in [0.25, 0.3) is 5.91 Å². The average molecular weight is 532 g/mol. The van der Waals surface area contributed by atoms with Crippen molar-refractivity contribution in [1.29, 1.82) is 0 Å². The van der Waals surface area contributed by atoms with Crippen LogP contribution in [0.4, 0.5) is 22.4 Å². The Morgan fingerprint density at radius 1 is 1.28 bits per heavy atom. The highest BCUT2D eigenvalue weighted by molar-refractivity contribution is 6.30. The Kier molecular flexibility index (Phi) is 7.92. The van der Waals surface area contributed by atoms with Gasteiger partial charge in [-0.25, -0.2) is 14.2 Å². The van der Waals surface area contributed by atoms with Gasteiger partial charge in [0.2, 0.25) is 0 Å². The number of alkyl halides is 3. The molecule has 9 nitrogen and oxygen atoms in total. The maximum absolute atomic E-state index is 13.9. The van der Waals surface area contributed by atoms with Crippen molar-refractivity contribution in [3.63, 3.8) is 0 Å². The molecule has 0 aliphatic carbocycles. The van der Waals surface area contributed by atoms with Crippen LogP contribution in [0, 0.1) is 12.7 Å².